The number of nitrogens with zero attached hydrogens (tertiary/aromatic N) is 3. The molecule has 1 atom stereocenters. The Bertz CT molecular complexity index is 1470. The summed E-state index contributed by atoms with van der Waals surface area (Å²) in [5.41, 5.74) is 2.62. The first kappa shape index (κ1) is 22.3. The van der Waals surface area contributed by atoms with Gasteiger partial charge in [-0.25, -0.2) is 23.1 Å². The van der Waals surface area contributed by atoms with Gasteiger partial charge in [0.15, 0.2) is 0 Å². The Morgan fingerprint density at radius 3 is 2.56 bits per heavy atom. The molecule has 1 N–H and O–H groups in total. The molecule has 0 aliphatic heterocycles. The summed E-state index contributed by atoms with van der Waals surface area (Å²) in [6.45, 7) is 2.19. The van der Waals surface area contributed by atoms with Gasteiger partial charge in [0.2, 0.25) is 5.95 Å². The van der Waals surface area contributed by atoms with Crippen molar-refractivity contribution in [3.8, 4) is 0 Å². The molecule has 1 fully saturated rings. The molecule has 5 rings (SSSR count). The fraction of sp³-hybridized carbons (Fsp3) is 0.320. The minimum atomic E-state index is -3.90. The van der Waals surface area contributed by atoms with Crippen LogP contribution < -0.4 is 10.3 Å². The average molecular weight is 479 g/mol. The van der Waals surface area contributed by atoms with Gasteiger partial charge in [-0.2, -0.15) is 0 Å². The third-order valence-corrected chi connectivity index (χ3v) is 8.01. The molecule has 34 heavy (non-hydrogen) atoms. The van der Waals surface area contributed by atoms with Gasteiger partial charge in [-0.1, -0.05) is 18.9 Å². The minimum Gasteiger partial charge on any atom is -0.495 e. The molecule has 0 spiro atoms. The predicted octanol–water partition coefficient (Wildman–Crippen LogP) is 4.17. The van der Waals surface area contributed by atoms with Crippen LogP contribution in [0, 0.1) is 11.8 Å². The highest BCUT2D eigenvalue weighted by Crippen LogP contribution is 2.43. The molecule has 0 saturated heterocycles. The van der Waals surface area contributed by atoms with E-state index >= 15 is 0 Å². The Hall–Kier alpha value is -3.46. The molecule has 8 nitrogen and oxygen atoms in total. The Morgan fingerprint density at radius 1 is 1.12 bits per heavy atom. The summed E-state index contributed by atoms with van der Waals surface area (Å²) in [4.78, 5) is 20.9. The van der Waals surface area contributed by atoms with E-state index in [-0.39, 0.29) is 16.4 Å². The number of ether oxygens (including phenoxy) is 1. The fourth-order valence-electron chi connectivity index (χ4n) is 4.73. The highest BCUT2D eigenvalue weighted by Gasteiger charge is 2.31. The maximum absolute atomic E-state index is 13.0. The van der Waals surface area contributed by atoms with Gasteiger partial charge in [-0.3, -0.25) is 9.36 Å². The molecule has 1 unspecified atom stereocenters. The number of hydrogen-bond donors (Lipinski definition) is 1. The van der Waals surface area contributed by atoms with Crippen LogP contribution in [0.1, 0.15) is 32.6 Å². The van der Waals surface area contributed by atoms with Crippen LogP contribution in [0.2, 0.25) is 0 Å². The lowest BCUT2D eigenvalue weighted by molar-refractivity contribution is 0.290. The van der Waals surface area contributed by atoms with Crippen molar-refractivity contribution in [2.75, 3.05) is 11.8 Å². The smallest absolute Gasteiger partial charge is 0.264 e. The zero-order valence-electron chi connectivity index (χ0n) is 19.1. The monoisotopic (exact) mass is 478 g/mol. The summed E-state index contributed by atoms with van der Waals surface area (Å²) >= 11 is 0. The van der Waals surface area contributed by atoms with Crippen LogP contribution in [0.3, 0.4) is 0 Å². The number of benzene rings is 1. The SMILES string of the molecule is COC1=C(n2c(=O)ccc3cc(S(=O)(=O)Nc4ncccn4)ccc32)CC(C)C(C2CCC2)=C1. The van der Waals surface area contributed by atoms with Gasteiger partial charge in [0.1, 0.15) is 5.76 Å². The van der Waals surface area contributed by atoms with E-state index in [0.29, 0.717) is 34.9 Å². The number of anilines is 1. The first-order chi connectivity index (χ1) is 16.4. The average Bonchev–Trinajstić information content (AvgIpc) is 2.79. The van der Waals surface area contributed by atoms with E-state index in [9.17, 15) is 13.2 Å². The number of rotatable bonds is 6. The molecule has 9 heteroatoms. The summed E-state index contributed by atoms with van der Waals surface area (Å²) in [5, 5.41) is 0.626. The standard InChI is InChI=1S/C25H26N4O4S/c1-16-13-22(23(33-2)15-20(16)17-5-3-6-17)29-21-9-8-19(14-18(21)7-10-24(29)30)34(31,32)28-25-26-11-4-12-27-25/h4,7-12,14-17H,3,5-6,13H2,1-2H3,(H,26,27,28). The molecule has 2 aliphatic rings. The van der Waals surface area contributed by atoms with Crippen LogP contribution in [0.5, 0.6) is 0 Å². The van der Waals surface area contributed by atoms with Gasteiger partial charge >= 0.3 is 0 Å². The zero-order chi connectivity index (χ0) is 23.9. The van der Waals surface area contributed by atoms with Crippen molar-refractivity contribution in [1.29, 1.82) is 0 Å². The number of nitrogens with one attached hydrogen (secondary N) is 1. The third kappa shape index (κ3) is 4.00. The Kier molecular flexibility index (Phi) is 5.73. The summed E-state index contributed by atoms with van der Waals surface area (Å²) in [6, 6.07) is 9.40. The quantitative estimate of drug-likeness (QED) is 0.570. The fourth-order valence-corrected chi connectivity index (χ4v) is 5.72. The van der Waals surface area contributed by atoms with Crippen LogP contribution in [0.25, 0.3) is 16.6 Å². The number of hydrogen-bond acceptors (Lipinski definition) is 6. The van der Waals surface area contributed by atoms with E-state index < -0.39 is 10.0 Å². The van der Waals surface area contributed by atoms with Crippen LogP contribution >= 0.6 is 0 Å². The van der Waals surface area contributed by atoms with E-state index in [0.717, 1.165) is 5.70 Å². The summed E-state index contributed by atoms with van der Waals surface area (Å²) in [7, 11) is -2.28. The van der Waals surface area contributed by atoms with Crippen molar-refractivity contribution in [2.24, 2.45) is 11.8 Å². The van der Waals surface area contributed by atoms with Gasteiger partial charge in [-0.15, -0.1) is 0 Å². The summed E-state index contributed by atoms with van der Waals surface area (Å²) in [6.07, 6.45) is 9.36. The number of aromatic nitrogens is 3. The van der Waals surface area contributed by atoms with Gasteiger partial charge in [0.05, 0.1) is 23.2 Å². The molecule has 1 aromatic carbocycles. The molecule has 3 aromatic rings. The Labute approximate surface area is 198 Å². The van der Waals surface area contributed by atoms with Crippen molar-refractivity contribution in [1.82, 2.24) is 14.5 Å². The van der Waals surface area contributed by atoms with E-state index in [1.165, 1.54) is 49.4 Å². The molecule has 0 radical (unpaired) electrons. The number of allylic oxidation sites excluding steroid dienone is 3. The maximum Gasteiger partial charge on any atom is 0.264 e. The Balaban J connectivity index is 1.59. The van der Waals surface area contributed by atoms with Gasteiger partial charge in [0.25, 0.3) is 15.6 Å². The van der Waals surface area contributed by atoms with Crippen LogP contribution in [-0.2, 0) is 14.8 Å². The molecule has 2 aliphatic carbocycles. The van der Waals surface area contributed by atoms with E-state index in [2.05, 4.69) is 27.7 Å². The molecular weight excluding hydrogens is 452 g/mol. The van der Waals surface area contributed by atoms with E-state index in [4.69, 9.17) is 4.74 Å². The minimum absolute atomic E-state index is 0.00675. The largest absolute Gasteiger partial charge is 0.495 e. The lowest BCUT2D eigenvalue weighted by atomic mass is 9.72. The van der Waals surface area contributed by atoms with Crippen molar-refractivity contribution in [3.63, 3.8) is 0 Å². The second-order valence-electron chi connectivity index (χ2n) is 8.80. The lowest BCUT2D eigenvalue weighted by Crippen LogP contribution is -2.26. The van der Waals surface area contributed by atoms with Crippen molar-refractivity contribution < 1.29 is 13.2 Å². The zero-order valence-corrected chi connectivity index (χ0v) is 19.9. The number of pyridine rings is 1. The normalized spacial score (nSPS) is 19.0. The van der Waals surface area contributed by atoms with Crippen molar-refractivity contribution in [3.05, 3.63) is 76.6 Å². The molecule has 2 heterocycles. The van der Waals surface area contributed by atoms with E-state index in [1.54, 1.807) is 35.9 Å². The first-order valence-corrected chi connectivity index (χ1v) is 12.8. The van der Waals surface area contributed by atoms with Gasteiger partial charge in [-0.05, 0) is 67.5 Å². The Morgan fingerprint density at radius 2 is 1.88 bits per heavy atom. The van der Waals surface area contributed by atoms with Crippen molar-refractivity contribution in [2.45, 2.75) is 37.5 Å². The van der Waals surface area contributed by atoms with E-state index in [1.807, 2.05) is 0 Å². The summed E-state index contributed by atoms with van der Waals surface area (Å²) < 4.78 is 35.5. The third-order valence-electron chi connectivity index (χ3n) is 6.68. The highest BCUT2D eigenvalue weighted by atomic mass is 32.2. The molecule has 0 amide bonds. The molecular formula is C25H26N4O4S. The summed E-state index contributed by atoms with van der Waals surface area (Å²) in [5.74, 6) is 1.58. The number of sulfonamides is 1. The highest BCUT2D eigenvalue weighted by molar-refractivity contribution is 7.92. The molecule has 2 aromatic heterocycles. The molecule has 176 valence electrons. The lowest BCUT2D eigenvalue weighted by Gasteiger charge is -2.35. The van der Waals surface area contributed by atoms with Crippen molar-refractivity contribution >= 4 is 32.6 Å². The van der Waals surface area contributed by atoms with Gasteiger partial charge in [0, 0.05) is 23.8 Å². The van der Waals surface area contributed by atoms with Crippen LogP contribution in [-0.4, -0.2) is 30.1 Å². The second kappa shape index (κ2) is 8.72. The van der Waals surface area contributed by atoms with Crippen LogP contribution in [0.15, 0.2) is 75.9 Å². The molecule has 1 saturated carbocycles. The maximum atomic E-state index is 13.0. The van der Waals surface area contributed by atoms with Crippen LogP contribution in [0.4, 0.5) is 5.95 Å². The number of fused-ring (bicyclic) bond motifs is 1. The first-order valence-electron chi connectivity index (χ1n) is 11.3. The predicted molar refractivity (Wildman–Crippen MR) is 130 cm³/mol. The number of methoxy groups -OCH3 is 1. The second-order valence-corrected chi connectivity index (χ2v) is 10.5. The van der Waals surface area contributed by atoms with Gasteiger partial charge < -0.3 is 4.74 Å². The topological polar surface area (TPSA) is 103 Å². The molecule has 0 bridgehead atoms.